The van der Waals surface area contributed by atoms with Gasteiger partial charge in [0.1, 0.15) is 5.56 Å². The second kappa shape index (κ2) is 7.81. The number of hydrogen-bond acceptors (Lipinski definition) is 4. The first-order valence-electron chi connectivity index (χ1n) is 11.0. The lowest BCUT2D eigenvalue weighted by atomic mass is 9.54. The smallest absolute Gasteiger partial charge is 0.258 e. The molecule has 4 aliphatic carbocycles. The lowest BCUT2D eigenvalue weighted by Gasteiger charge is -2.54. The molecule has 0 saturated heterocycles. The number of rotatable bonds is 7. The molecule has 4 aliphatic rings. The van der Waals surface area contributed by atoms with Crippen LogP contribution in [0.15, 0.2) is 30.7 Å². The number of amides is 1. The van der Waals surface area contributed by atoms with Gasteiger partial charge in [0, 0.05) is 25.5 Å². The zero-order chi connectivity index (χ0) is 19.8. The van der Waals surface area contributed by atoms with Crippen LogP contribution in [0, 0.1) is 23.7 Å². The van der Waals surface area contributed by atoms with Crippen molar-refractivity contribution in [2.24, 2.45) is 30.7 Å². The molecule has 4 bridgehead atoms. The van der Waals surface area contributed by atoms with E-state index in [2.05, 4.69) is 15.4 Å². The number of ether oxygens (including phenoxy) is 1. The van der Waals surface area contributed by atoms with Gasteiger partial charge in [-0.3, -0.25) is 9.78 Å². The van der Waals surface area contributed by atoms with Gasteiger partial charge in [0.2, 0.25) is 5.88 Å². The average Bonchev–Trinajstić information content (AvgIpc) is 3.09. The second-order valence-corrected chi connectivity index (χ2v) is 9.22. The van der Waals surface area contributed by atoms with Crippen molar-refractivity contribution in [1.29, 1.82) is 0 Å². The van der Waals surface area contributed by atoms with E-state index >= 15 is 0 Å². The summed E-state index contributed by atoms with van der Waals surface area (Å²) in [6.45, 7) is 0.556. The monoisotopic (exact) mass is 394 g/mol. The minimum Gasteiger partial charge on any atom is -0.477 e. The number of carbonyl (C=O) groups excluding carboxylic acids is 1. The maximum Gasteiger partial charge on any atom is 0.258 e. The predicted octanol–water partition coefficient (Wildman–Crippen LogP) is 3.38. The molecule has 0 radical (unpaired) electrons. The summed E-state index contributed by atoms with van der Waals surface area (Å²) in [6.07, 6.45) is 13.7. The van der Waals surface area contributed by atoms with Crippen LogP contribution in [0.4, 0.5) is 0 Å². The summed E-state index contributed by atoms with van der Waals surface area (Å²) in [6, 6.07) is 4.37. The summed E-state index contributed by atoms with van der Waals surface area (Å²) >= 11 is 0. The number of carbonyl (C=O) groups is 1. The molecule has 0 unspecified atom stereocenters. The number of aromatic nitrogens is 3. The van der Waals surface area contributed by atoms with E-state index in [1.54, 1.807) is 10.9 Å². The van der Waals surface area contributed by atoms with Gasteiger partial charge in [-0.25, -0.2) is 4.68 Å². The fourth-order valence-electron chi connectivity index (χ4n) is 6.14. The highest BCUT2D eigenvalue weighted by Gasteiger charge is 2.48. The molecule has 0 spiro atoms. The van der Waals surface area contributed by atoms with Crippen molar-refractivity contribution in [2.45, 2.75) is 51.0 Å². The molecule has 29 heavy (non-hydrogen) atoms. The molecule has 0 aliphatic heterocycles. The SMILES string of the molecule is Cn1ncc(C(=O)NC2C3CC4CC(C3)CC2C4)c1OCCCc1ccncc1. The fraction of sp³-hybridized carbons (Fsp3) is 0.609. The van der Waals surface area contributed by atoms with E-state index < -0.39 is 0 Å². The molecule has 0 atom stereocenters. The van der Waals surface area contributed by atoms with Gasteiger partial charge in [0.15, 0.2) is 0 Å². The number of hydrogen-bond donors (Lipinski definition) is 1. The first kappa shape index (κ1) is 18.6. The van der Waals surface area contributed by atoms with Crippen molar-refractivity contribution in [1.82, 2.24) is 20.1 Å². The maximum atomic E-state index is 13.1. The van der Waals surface area contributed by atoms with Gasteiger partial charge in [0.25, 0.3) is 5.91 Å². The van der Waals surface area contributed by atoms with Gasteiger partial charge in [-0.2, -0.15) is 5.10 Å². The third-order valence-electron chi connectivity index (χ3n) is 7.25. The molecule has 0 aromatic carbocycles. The van der Waals surface area contributed by atoms with Crippen LogP contribution < -0.4 is 10.1 Å². The van der Waals surface area contributed by atoms with Crippen LogP contribution in [-0.4, -0.2) is 33.3 Å². The van der Waals surface area contributed by atoms with Crippen LogP contribution in [-0.2, 0) is 13.5 Å². The molecule has 2 aromatic rings. The molecular weight excluding hydrogens is 364 g/mol. The van der Waals surface area contributed by atoms with Crippen molar-refractivity contribution in [3.8, 4) is 5.88 Å². The van der Waals surface area contributed by atoms with Gasteiger partial charge in [0.05, 0.1) is 12.8 Å². The van der Waals surface area contributed by atoms with Crippen LogP contribution >= 0.6 is 0 Å². The minimum atomic E-state index is -0.0280. The lowest BCUT2D eigenvalue weighted by molar-refractivity contribution is -0.0120. The van der Waals surface area contributed by atoms with Crippen LogP contribution in [0.2, 0.25) is 0 Å². The van der Waals surface area contributed by atoms with Crippen molar-refractivity contribution < 1.29 is 9.53 Å². The van der Waals surface area contributed by atoms with Crippen molar-refractivity contribution in [3.05, 3.63) is 41.9 Å². The molecule has 154 valence electrons. The minimum absolute atomic E-state index is 0.0280. The third kappa shape index (κ3) is 3.77. The van der Waals surface area contributed by atoms with Crippen molar-refractivity contribution in [3.63, 3.8) is 0 Å². The van der Waals surface area contributed by atoms with Gasteiger partial charge in [-0.1, -0.05) is 0 Å². The summed E-state index contributed by atoms with van der Waals surface area (Å²) in [5.74, 6) is 3.68. The number of aryl methyl sites for hydroxylation is 2. The Morgan fingerprint density at radius 1 is 1.14 bits per heavy atom. The molecule has 1 amide bonds. The van der Waals surface area contributed by atoms with Gasteiger partial charge in [-0.05, 0) is 86.3 Å². The Labute approximate surface area is 172 Å². The van der Waals surface area contributed by atoms with E-state index in [1.807, 2.05) is 31.6 Å². The number of pyridine rings is 1. The molecule has 6 rings (SSSR count). The first-order chi connectivity index (χ1) is 14.2. The van der Waals surface area contributed by atoms with Crippen molar-refractivity contribution in [2.75, 3.05) is 6.61 Å². The number of nitrogens with zero attached hydrogens (tertiary/aromatic N) is 3. The molecule has 4 fully saturated rings. The van der Waals surface area contributed by atoms with E-state index in [0.717, 1.165) is 24.7 Å². The highest BCUT2D eigenvalue weighted by atomic mass is 16.5. The summed E-state index contributed by atoms with van der Waals surface area (Å²) in [5.41, 5.74) is 1.80. The molecule has 1 N–H and O–H groups in total. The first-order valence-corrected chi connectivity index (χ1v) is 11.0. The highest BCUT2D eigenvalue weighted by Crippen LogP contribution is 2.53. The van der Waals surface area contributed by atoms with E-state index in [-0.39, 0.29) is 5.91 Å². The second-order valence-electron chi connectivity index (χ2n) is 9.22. The topological polar surface area (TPSA) is 69.0 Å². The van der Waals surface area contributed by atoms with E-state index in [0.29, 0.717) is 35.9 Å². The highest BCUT2D eigenvalue weighted by molar-refractivity contribution is 5.96. The Balaban J connectivity index is 1.19. The Bertz CT molecular complexity index is 835. The van der Waals surface area contributed by atoms with E-state index in [1.165, 1.54) is 37.7 Å². The van der Waals surface area contributed by atoms with Crippen LogP contribution in [0.5, 0.6) is 5.88 Å². The Morgan fingerprint density at radius 2 is 1.83 bits per heavy atom. The van der Waals surface area contributed by atoms with Crippen LogP contribution in [0.3, 0.4) is 0 Å². The lowest BCUT2D eigenvalue weighted by Crippen LogP contribution is -2.55. The summed E-state index contributed by atoms with van der Waals surface area (Å²) in [4.78, 5) is 17.1. The molecular formula is C23H30N4O2. The number of nitrogens with one attached hydrogen (secondary N) is 1. The standard InChI is InChI=1S/C23H30N4O2/c1-27-23(29-8-2-3-15-4-6-24-7-5-15)20(14-25-27)22(28)26-21-18-10-16-9-17(12-18)13-19(21)11-16/h4-7,14,16-19,21H,2-3,8-13H2,1H3,(H,26,28). The van der Waals surface area contributed by atoms with Crippen LogP contribution in [0.1, 0.15) is 54.4 Å². The average molecular weight is 395 g/mol. The Hall–Kier alpha value is -2.37. The summed E-state index contributed by atoms with van der Waals surface area (Å²) in [7, 11) is 1.83. The van der Waals surface area contributed by atoms with Crippen molar-refractivity contribution >= 4 is 5.91 Å². The van der Waals surface area contributed by atoms with Gasteiger partial charge >= 0.3 is 0 Å². The summed E-state index contributed by atoms with van der Waals surface area (Å²) in [5, 5.41) is 7.65. The predicted molar refractivity (Wildman–Crippen MR) is 110 cm³/mol. The summed E-state index contributed by atoms with van der Waals surface area (Å²) < 4.78 is 7.65. The fourth-order valence-corrected chi connectivity index (χ4v) is 6.14. The molecule has 6 heteroatoms. The third-order valence-corrected chi connectivity index (χ3v) is 7.25. The van der Waals surface area contributed by atoms with E-state index in [4.69, 9.17) is 4.74 Å². The van der Waals surface area contributed by atoms with Crippen LogP contribution in [0.25, 0.3) is 0 Å². The molecule has 6 nitrogen and oxygen atoms in total. The zero-order valence-corrected chi connectivity index (χ0v) is 17.1. The molecule has 2 aromatic heterocycles. The quantitative estimate of drug-likeness (QED) is 0.731. The maximum absolute atomic E-state index is 13.1. The Morgan fingerprint density at radius 3 is 2.52 bits per heavy atom. The van der Waals surface area contributed by atoms with E-state index in [9.17, 15) is 4.79 Å². The van der Waals surface area contributed by atoms with Gasteiger partial charge < -0.3 is 10.1 Å². The largest absolute Gasteiger partial charge is 0.477 e. The normalized spacial score (nSPS) is 29.8. The zero-order valence-electron chi connectivity index (χ0n) is 17.1. The Kier molecular flexibility index (Phi) is 5.02. The molecule has 2 heterocycles. The molecule has 4 saturated carbocycles. The van der Waals surface area contributed by atoms with Gasteiger partial charge in [-0.15, -0.1) is 0 Å².